The Labute approximate surface area is 249 Å². The van der Waals surface area contributed by atoms with Crippen LogP contribution in [-0.4, -0.2) is 68.3 Å². The van der Waals surface area contributed by atoms with Gasteiger partial charge in [0, 0.05) is 44.1 Å². The summed E-state index contributed by atoms with van der Waals surface area (Å²) in [5.74, 6) is -2.10. The Morgan fingerprint density at radius 1 is 1.12 bits per heavy atom. The Hall–Kier alpha value is -3.67. The first kappa shape index (κ1) is 29.4. The van der Waals surface area contributed by atoms with E-state index in [1.165, 1.54) is 12.3 Å². The third kappa shape index (κ3) is 6.95. The van der Waals surface area contributed by atoms with E-state index in [0.717, 1.165) is 48.4 Å². The molecule has 1 aromatic carbocycles. The van der Waals surface area contributed by atoms with Crippen molar-refractivity contribution in [3.05, 3.63) is 65.0 Å². The zero-order valence-corrected chi connectivity index (χ0v) is 24.2. The van der Waals surface area contributed by atoms with Crippen LogP contribution in [0.1, 0.15) is 52.9 Å². The Balaban J connectivity index is 1.21. The second-order valence-electron chi connectivity index (χ2n) is 11.1. The number of benzene rings is 1. The molecule has 0 radical (unpaired) electrons. The highest BCUT2D eigenvalue weighted by molar-refractivity contribution is 6.04. The van der Waals surface area contributed by atoms with Crippen LogP contribution in [0.3, 0.4) is 0 Å². The molecule has 4 heterocycles. The first-order chi connectivity index (χ1) is 20.9. The lowest BCUT2D eigenvalue weighted by molar-refractivity contribution is -0.165. The van der Waals surface area contributed by atoms with Gasteiger partial charge < -0.3 is 29.2 Å². The molecule has 11 heteroatoms. The number of pyridine rings is 2. The number of morpholine rings is 1. The van der Waals surface area contributed by atoms with Crippen molar-refractivity contribution in [1.29, 1.82) is 0 Å². The number of carbonyl (C=O) groups is 1. The molecule has 1 N–H and O–H groups in total. The molecule has 0 spiro atoms. The molecule has 0 saturated carbocycles. The molecule has 3 aromatic rings. The van der Waals surface area contributed by atoms with Gasteiger partial charge in [0.15, 0.2) is 6.29 Å². The number of rotatable bonds is 9. The van der Waals surface area contributed by atoms with Gasteiger partial charge in [-0.1, -0.05) is 6.07 Å². The van der Waals surface area contributed by atoms with Gasteiger partial charge in [0.1, 0.15) is 18.1 Å². The highest BCUT2D eigenvalue weighted by atomic mass is 19.3. The molecule has 1 unspecified atom stereocenters. The summed E-state index contributed by atoms with van der Waals surface area (Å²) in [5, 5.41) is 2.90. The summed E-state index contributed by atoms with van der Waals surface area (Å²) in [6, 6.07) is 11.1. The van der Waals surface area contributed by atoms with Crippen molar-refractivity contribution in [1.82, 2.24) is 9.97 Å². The summed E-state index contributed by atoms with van der Waals surface area (Å²) in [5.41, 5.74) is 3.79. The van der Waals surface area contributed by atoms with Crippen LogP contribution in [0.15, 0.2) is 42.6 Å². The quantitative estimate of drug-likeness (QED) is 0.325. The van der Waals surface area contributed by atoms with Gasteiger partial charge in [0.2, 0.25) is 5.88 Å². The first-order valence-corrected chi connectivity index (χ1v) is 14.9. The fourth-order valence-electron chi connectivity index (χ4n) is 5.62. The molecular weight excluding hydrogens is 558 g/mol. The van der Waals surface area contributed by atoms with Crippen molar-refractivity contribution < 1.29 is 32.5 Å². The smallest absolute Gasteiger partial charge is 0.290 e. The van der Waals surface area contributed by atoms with Crippen LogP contribution >= 0.6 is 0 Å². The Morgan fingerprint density at radius 2 is 1.98 bits per heavy atom. The maximum absolute atomic E-state index is 14.0. The molecule has 2 aliphatic heterocycles. The second-order valence-corrected chi connectivity index (χ2v) is 11.1. The van der Waals surface area contributed by atoms with E-state index in [1.807, 2.05) is 37.3 Å². The van der Waals surface area contributed by atoms with Gasteiger partial charge in [-0.2, -0.15) is 13.8 Å². The molecule has 2 saturated heterocycles. The van der Waals surface area contributed by atoms with Gasteiger partial charge >= 0.3 is 0 Å². The Kier molecular flexibility index (Phi) is 8.83. The van der Waals surface area contributed by atoms with Crippen LogP contribution in [-0.2, 0) is 26.6 Å². The number of carbonyl (C=O) groups excluding carboxylic acids is 1. The minimum atomic E-state index is -2.94. The number of nitrogens with zero attached hydrogens (tertiary/aromatic N) is 3. The van der Waals surface area contributed by atoms with Gasteiger partial charge in [0.05, 0.1) is 25.4 Å². The van der Waals surface area contributed by atoms with E-state index in [0.29, 0.717) is 56.6 Å². The van der Waals surface area contributed by atoms with E-state index in [-0.39, 0.29) is 30.4 Å². The maximum Gasteiger partial charge on any atom is 0.290 e. The van der Waals surface area contributed by atoms with Crippen molar-refractivity contribution >= 4 is 17.4 Å². The Bertz CT molecular complexity index is 1460. The fourth-order valence-corrected chi connectivity index (χ4v) is 5.62. The van der Waals surface area contributed by atoms with Crippen LogP contribution < -0.4 is 15.0 Å². The number of aromatic nitrogens is 2. The fraction of sp³-hybridized carbons (Fsp3) is 0.469. The topological polar surface area (TPSA) is 95.0 Å². The van der Waals surface area contributed by atoms with Crippen molar-refractivity contribution in [2.24, 2.45) is 0 Å². The number of hydrogen-bond acceptors (Lipinski definition) is 8. The first-order valence-electron chi connectivity index (χ1n) is 14.9. The lowest BCUT2D eigenvalue weighted by atomic mass is 10.00. The Morgan fingerprint density at radius 3 is 2.79 bits per heavy atom. The number of ether oxygens (including phenoxy) is 4. The molecule has 1 amide bonds. The minimum absolute atomic E-state index is 0.185. The van der Waals surface area contributed by atoms with Crippen molar-refractivity contribution in [2.45, 2.75) is 51.2 Å². The van der Waals surface area contributed by atoms with Gasteiger partial charge in [-0.3, -0.25) is 9.78 Å². The van der Waals surface area contributed by atoms with Crippen molar-refractivity contribution in [3.63, 3.8) is 0 Å². The minimum Gasteiger partial charge on any atom is -0.475 e. The molecule has 2 aromatic heterocycles. The lowest BCUT2D eigenvalue weighted by Crippen LogP contribution is -2.36. The van der Waals surface area contributed by atoms with Crippen LogP contribution in [0, 0.1) is 6.92 Å². The molecule has 1 aliphatic carbocycles. The number of nitrogens with one attached hydrogen (secondary N) is 1. The summed E-state index contributed by atoms with van der Waals surface area (Å²) < 4.78 is 51.1. The number of fused-ring (bicyclic) bond motifs is 1. The molecule has 2 fully saturated rings. The van der Waals surface area contributed by atoms with Gasteiger partial charge in [0.25, 0.3) is 11.8 Å². The summed E-state index contributed by atoms with van der Waals surface area (Å²) in [6.45, 7) is 6.11. The van der Waals surface area contributed by atoms with E-state index in [2.05, 4.69) is 15.2 Å². The zero-order chi connectivity index (χ0) is 29.8. The predicted molar refractivity (Wildman–Crippen MR) is 157 cm³/mol. The third-order valence-corrected chi connectivity index (χ3v) is 7.99. The number of alkyl halides is 2. The molecule has 1 atom stereocenters. The number of aryl methyl sites for hydroxylation is 2. The number of hydrogen-bond donors (Lipinski definition) is 1. The van der Waals surface area contributed by atoms with E-state index >= 15 is 0 Å². The average molecular weight is 595 g/mol. The molecule has 43 heavy (non-hydrogen) atoms. The molecule has 3 aliphatic rings. The highest BCUT2D eigenvalue weighted by Crippen LogP contribution is 2.40. The van der Waals surface area contributed by atoms with E-state index < -0.39 is 11.8 Å². The SMILES string of the molecule is Cc1ccc(NC(=O)c2cnc3c(c2)CCC3(F)F)cc1-c1cc(OCCOC2CCCCO2)nc(N2CCOCC2)c1. The van der Waals surface area contributed by atoms with Crippen LogP contribution in [0.2, 0.25) is 0 Å². The molecular formula is C32H36F2N4O5. The van der Waals surface area contributed by atoms with Crippen molar-refractivity contribution in [3.8, 4) is 17.0 Å². The largest absolute Gasteiger partial charge is 0.475 e. The monoisotopic (exact) mass is 594 g/mol. The van der Waals surface area contributed by atoms with Gasteiger partial charge in [-0.25, -0.2) is 0 Å². The van der Waals surface area contributed by atoms with Crippen molar-refractivity contribution in [2.75, 3.05) is 56.3 Å². The number of halogens is 2. The molecule has 0 bridgehead atoms. The summed E-state index contributed by atoms with van der Waals surface area (Å²) in [7, 11) is 0. The lowest BCUT2D eigenvalue weighted by Gasteiger charge is -2.28. The maximum atomic E-state index is 14.0. The normalized spacial score (nSPS) is 19.6. The van der Waals surface area contributed by atoms with E-state index in [9.17, 15) is 13.6 Å². The average Bonchev–Trinajstić information content (AvgIpc) is 3.34. The van der Waals surface area contributed by atoms with Gasteiger partial charge in [-0.15, -0.1) is 0 Å². The van der Waals surface area contributed by atoms with E-state index in [4.69, 9.17) is 23.9 Å². The van der Waals surface area contributed by atoms with Crippen LogP contribution in [0.4, 0.5) is 20.3 Å². The third-order valence-electron chi connectivity index (χ3n) is 7.99. The highest BCUT2D eigenvalue weighted by Gasteiger charge is 2.41. The summed E-state index contributed by atoms with van der Waals surface area (Å²) >= 11 is 0. The number of amides is 1. The molecule has 228 valence electrons. The predicted octanol–water partition coefficient (Wildman–Crippen LogP) is 5.50. The summed E-state index contributed by atoms with van der Waals surface area (Å²) in [4.78, 5) is 23.9. The van der Waals surface area contributed by atoms with Crippen LogP contribution in [0.5, 0.6) is 5.88 Å². The summed E-state index contributed by atoms with van der Waals surface area (Å²) in [6.07, 6.45) is 3.99. The zero-order valence-electron chi connectivity index (χ0n) is 24.2. The van der Waals surface area contributed by atoms with Gasteiger partial charge in [-0.05, 0) is 79.1 Å². The number of anilines is 2. The molecule has 9 nitrogen and oxygen atoms in total. The van der Waals surface area contributed by atoms with Crippen LogP contribution in [0.25, 0.3) is 11.1 Å². The van der Waals surface area contributed by atoms with E-state index in [1.54, 1.807) is 0 Å². The standard InChI is InChI=1S/C32H36F2N4O5/c1-21-5-6-25(36-31(39)24-16-22-7-8-32(33,34)30(22)35-20-24)19-26(21)23-17-27(38-9-12-40-13-10-38)37-28(18-23)41-14-15-43-29-4-2-3-11-42-29/h5-6,16-20,29H,2-4,7-15H2,1H3,(H,36,39). The second kappa shape index (κ2) is 12.9. The molecule has 6 rings (SSSR count).